The van der Waals surface area contributed by atoms with E-state index >= 15 is 0 Å². The van der Waals surface area contributed by atoms with Gasteiger partial charge in [0, 0.05) is 5.92 Å². The van der Waals surface area contributed by atoms with Crippen LogP contribution in [0.25, 0.3) is 0 Å². The van der Waals surface area contributed by atoms with Gasteiger partial charge in [-0.2, -0.15) is 0 Å². The van der Waals surface area contributed by atoms with Gasteiger partial charge in [0.25, 0.3) is 0 Å². The number of fused-ring (bicyclic) bond motifs is 1. The third-order valence-corrected chi connectivity index (χ3v) is 2.97. The number of allylic oxidation sites excluding steroid dienone is 1. The number of hydrogen-bond acceptors (Lipinski definition) is 1. The van der Waals surface area contributed by atoms with Gasteiger partial charge >= 0.3 is 0 Å². The molecule has 1 N–H and O–H groups in total. The summed E-state index contributed by atoms with van der Waals surface area (Å²) in [4.78, 5) is 0. The zero-order chi connectivity index (χ0) is 9.97. The van der Waals surface area contributed by atoms with E-state index in [1.165, 1.54) is 5.56 Å². The Morgan fingerprint density at radius 3 is 2.93 bits per heavy atom. The molecule has 1 aliphatic rings. The second-order valence-electron chi connectivity index (χ2n) is 3.87. The molecule has 1 aromatic rings. The van der Waals surface area contributed by atoms with Crippen LogP contribution in [-0.2, 0) is 6.42 Å². The van der Waals surface area contributed by atoms with Gasteiger partial charge in [-0.3, -0.25) is 0 Å². The maximum atomic E-state index is 10.1. The van der Waals surface area contributed by atoms with Crippen LogP contribution in [0.3, 0.4) is 0 Å². The molecule has 74 valence electrons. The molecule has 0 saturated heterocycles. The average Bonchev–Trinajstić information content (AvgIpc) is 2.23. The predicted octanol–water partition coefficient (Wildman–Crippen LogP) is 2.86. The number of rotatable bonds is 1. The van der Waals surface area contributed by atoms with Gasteiger partial charge in [0.2, 0.25) is 0 Å². The van der Waals surface area contributed by atoms with Gasteiger partial charge in [0.15, 0.2) is 0 Å². The van der Waals surface area contributed by atoms with E-state index < -0.39 is 0 Å². The van der Waals surface area contributed by atoms with Crippen LogP contribution in [0.15, 0.2) is 36.4 Å². The lowest BCUT2D eigenvalue weighted by atomic mass is 9.81. The van der Waals surface area contributed by atoms with E-state index in [1.54, 1.807) is 0 Å². The Morgan fingerprint density at radius 2 is 2.14 bits per heavy atom. The number of aryl methyl sites for hydroxylation is 1. The summed E-state index contributed by atoms with van der Waals surface area (Å²) in [6.45, 7) is 2.01. The number of aliphatic hydroxyl groups excluding tert-OH is 1. The van der Waals surface area contributed by atoms with Crippen molar-refractivity contribution in [1.29, 1.82) is 0 Å². The standard InChI is InChI=1S/C13H16O/c1-2-5-11-9-8-10-6-3-4-7-12(10)13(11)14/h2-7,11,13-14H,8-9H2,1H3/b5-2+. The molecule has 0 aliphatic heterocycles. The lowest BCUT2D eigenvalue weighted by molar-refractivity contribution is 0.118. The van der Waals surface area contributed by atoms with Gasteiger partial charge in [-0.1, -0.05) is 36.4 Å². The first kappa shape index (κ1) is 9.47. The molecule has 1 aliphatic carbocycles. The maximum absolute atomic E-state index is 10.1. The van der Waals surface area contributed by atoms with Crippen molar-refractivity contribution in [1.82, 2.24) is 0 Å². The monoisotopic (exact) mass is 188 g/mol. The van der Waals surface area contributed by atoms with E-state index in [4.69, 9.17) is 0 Å². The van der Waals surface area contributed by atoms with Crippen molar-refractivity contribution in [3.63, 3.8) is 0 Å². The molecule has 1 nitrogen and oxygen atoms in total. The molecular formula is C13H16O. The van der Waals surface area contributed by atoms with Crippen LogP contribution in [-0.4, -0.2) is 5.11 Å². The summed E-state index contributed by atoms with van der Waals surface area (Å²) in [5, 5.41) is 10.1. The van der Waals surface area contributed by atoms with Crippen molar-refractivity contribution in [2.45, 2.75) is 25.9 Å². The largest absolute Gasteiger partial charge is 0.388 e. The van der Waals surface area contributed by atoms with Crippen molar-refractivity contribution in [3.05, 3.63) is 47.5 Å². The van der Waals surface area contributed by atoms with Gasteiger partial charge in [-0.05, 0) is 30.9 Å². The molecule has 0 fully saturated rings. The average molecular weight is 188 g/mol. The Bertz CT molecular complexity index is 341. The van der Waals surface area contributed by atoms with Gasteiger partial charge in [-0.15, -0.1) is 0 Å². The minimum Gasteiger partial charge on any atom is -0.388 e. The molecule has 0 amide bonds. The Balaban J connectivity index is 2.31. The van der Waals surface area contributed by atoms with Crippen LogP contribution in [0, 0.1) is 5.92 Å². The lowest BCUT2D eigenvalue weighted by Crippen LogP contribution is -2.18. The molecule has 0 saturated carbocycles. The Kier molecular flexibility index (Phi) is 2.69. The summed E-state index contributed by atoms with van der Waals surface area (Å²) in [6.07, 6.45) is 5.98. The van der Waals surface area contributed by atoms with Crippen molar-refractivity contribution in [3.8, 4) is 0 Å². The van der Waals surface area contributed by atoms with E-state index in [9.17, 15) is 5.11 Å². The van der Waals surface area contributed by atoms with Crippen LogP contribution < -0.4 is 0 Å². The molecule has 0 spiro atoms. The van der Waals surface area contributed by atoms with Crippen LogP contribution in [0.1, 0.15) is 30.6 Å². The van der Waals surface area contributed by atoms with Crippen LogP contribution in [0.5, 0.6) is 0 Å². The van der Waals surface area contributed by atoms with Crippen molar-refractivity contribution < 1.29 is 5.11 Å². The third-order valence-electron chi connectivity index (χ3n) is 2.97. The Hall–Kier alpha value is -1.08. The number of aliphatic hydroxyl groups is 1. The summed E-state index contributed by atoms with van der Waals surface area (Å²) in [5.41, 5.74) is 2.42. The summed E-state index contributed by atoms with van der Waals surface area (Å²) in [7, 11) is 0. The molecule has 2 unspecified atom stereocenters. The Morgan fingerprint density at radius 1 is 1.36 bits per heavy atom. The smallest absolute Gasteiger partial charge is 0.0855 e. The van der Waals surface area contributed by atoms with E-state index in [-0.39, 0.29) is 6.10 Å². The van der Waals surface area contributed by atoms with E-state index in [0.29, 0.717) is 5.92 Å². The quantitative estimate of drug-likeness (QED) is 0.672. The second-order valence-corrected chi connectivity index (χ2v) is 3.87. The highest BCUT2D eigenvalue weighted by Gasteiger charge is 2.25. The zero-order valence-corrected chi connectivity index (χ0v) is 8.48. The van der Waals surface area contributed by atoms with Gasteiger partial charge < -0.3 is 5.11 Å². The second kappa shape index (κ2) is 3.97. The topological polar surface area (TPSA) is 20.2 Å². The first-order valence-electron chi connectivity index (χ1n) is 5.21. The molecule has 0 radical (unpaired) electrons. The first-order chi connectivity index (χ1) is 6.83. The van der Waals surface area contributed by atoms with Crippen molar-refractivity contribution >= 4 is 0 Å². The SMILES string of the molecule is C/C=C/C1CCc2ccccc2C1O. The third kappa shape index (κ3) is 1.60. The van der Waals surface area contributed by atoms with Gasteiger partial charge in [-0.25, -0.2) is 0 Å². The van der Waals surface area contributed by atoms with E-state index in [2.05, 4.69) is 12.1 Å². The summed E-state index contributed by atoms with van der Waals surface area (Å²) in [5.74, 6) is 0.301. The van der Waals surface area contributed by atoms with Gasteiger partial charge in [0.1, 0.15) is 0 Å². The molecule has 1 heteroatoms. The fourth-order valence-electron chi connectivity index (χ4n) is 2.21. The number of benzene rings is 1. The molecule has 0 aromatic heterocycles. The summed E-state index contributed by atoms with van der Waals surface area (Å²) < 4.78 is 0. The van der Waals surface area contributed by atoms with Crippen molar-refractivity contribution in [2.75, 3.05) is 0 Å². The van der Waals surface area contributed by atoms with Crippen LogP contribution in [0.2, 0.25) is 0 Å². The highest BCUT2D eigenvalue weighted by molar-refractivity contribution is 5.32. The molecule has 1 aromatic carbocycles. The molecule has 2 atom stereocenters. The summed E-state index contributed by atoms with van der Waals surface area (Å²) >= 11 is 0. The van der Waals surface area contributed by atoms with Gasteiger partial charge in [0.05, 0.1) is 6.10 Å². The zero-order valence-electron chi connectivity index (χ0n) is 8.48. The predicted molar refractivity (Wildman–Crippen MR) is 58.0 cm³/mol. The van der Waals surface area contributed by atoms with E-state index in [1.807, 2.05) is 31.2 Å². The summed E-state index contributed by atoms with van der Waals surface area (Å²) in [6, 6.07) is 8.20. The molecule has 14 heavy (non-hydrogen) atoms. The number of hydrogen-bond donors (Lipinski definition) is 1. The molecule has 0 heterocycles. The first-order valence-corrected chi connectivity index (χ1v) is 5.21. The highest BCUT2D eigenvalue weighted by atomic mass is 16.3. The minimum atomic E-state index is -0.309. The van der Waals surface area contributed by atoms with Crippen molar-refractivity contribution in [2.24, 2.45) is 5.92 Å². The highest BCUT2D eigenvalue weighted by Crippen LogP contribution is 2.34. The van der Waals surface area contributed by atoms with Crippen LogP contribution >= 0.6 is 0 Å². The minimum absolute atomic E-state index is 0.301. The lowest BCUT2D eigenvalue weighted by Gasteiger charge is -2.27. The molecule has 2 rings (SSSR count). The fraction of sp³-hybridized carbons (Fsp3) is 0.385. The maximum Gasteiger partial charge on any atom is 0.0855 e. The van der Waals surface area contributed by atoms with E-state index in [0.717, 1.165) is 18.4 Å². The molecular weight excluding hydrogens is 172 g/mol. The molecule has 0 bridgehead atoms. The fourth-order valence-corrected chi connectivity index (χ4v) is 2.21. The van der Waals surface area contributed by atoms with Crippen LogP contribution in [0.4, 0.5) is 0 Å². The normalized spacial score (nSPS) is 26.4. The Labute approximate surface area is 85.1 Å².